The molecule has 0 radical (unpaired) electrons. The van der Waals surface area contributed by atoms with Crippen LogP contribution in [-0.4, -0.2) is 142 Å². The van der Waals surface area contributed by atoms with E-state index in [1.165, 1.54) is 40.1 Å². The monoisotopic (exact) mass is 888 g/mol. The SMILES string of the molecule is C=CC1=CS[C@@H]2[C@H](NC(=O)/C(=N\OCC(=O)Nc3nc(/C(=N/OCC(=O)O)C(=O)N[C@@H]4C(=O)N5C(C(=O)O)=C(C=C)CS[C@H]45)cs3)c3csc(N)n3)C(=O)N2C1C(=O)O. The molecule has 0 aliphatic carbocycles. The number of carbonyl (C=O) groups excluding carboxylic acids is 5. The number of carboxylic acids is 3. The Hall–Kier alpha value is -6.58. The Balaban J connectivity index is 1.10. The van der Waals surface area contributed by atoms with Crippen LogP contribution >= 0.6 is 46.2 Å². The molecule has 6 heterocycles. The molecule has 0 spiro atoms. The Bertz CT molecular complexity index is 2320. The number of anilines is 2. The summed E-state index contributed by atoms with van der Waals surface area (Å²) in [5, 5.41) is 45.6. The van der Waals surface area contributed by atoms with Gasteiger partial charge in [0.25, 0.3) is 23.6 Å². The Morgan fingerprint density at radius 1 is 0.898 bits per heavy atom. The van der Waals surface area contributed by atoms with E-state index in [0.717, 1.165) is 44.2 Å². The second-order valence-corrected chi connectivity index (χ2v) is 15.9. The lowest BCUT2D eigenvalue weighted by molar-refractivity contribution is -0.159. The fourth-order valence-corrected chi connectivity index (χ4v) is 9.58. The molecule has 0 bridgehead atoms. The van der Waals surface area contributed by atoms with Crippen LogP contribution in [0.3, 0.4) is 0 Å². The summed E-state index contributed by atoms with van der Waals surface area (Å²) in [6.07, 6.45) is 2.65. The number of nitrogens with two attached hydrogens (primary N) is 1. The minimum Gasteiger partial charge on any atom is -0.479 e. The smallest absolute Gasteiger partial charge is 0.352 e. The Morgan fingerprint density at radius 2 is 1.53 bits per heavy atom. The molecule has 4 aliphatic heterocycles. The zero-order chi connectivity index (χ0) is 42.7. The lowest BCUT2D eigenvalue weighted by Gasteiger charge is -2.51. The van der Waals surface area contributed by atoms with E-state index in [1.54, 1.807) is 0 Å². The molecule has 308 valence electrons. The van der Waals surface area contributed by atoms with Crippen LogP contribution in [0.25, 0.3) is 0 Å². The summed E-state index contributed by atoms with van der Waals surface area (Å²) in [7, 11) is 0. The van der Waals surface area contributed by atoms with Gasteiger partial charge in [0.1, 0.15) is 39.9 Å². The number of rotatable bonds is 17. The van der Waals surface area contributed by atoms with Crippen molar-refractivity contribution in [3.05, 3.63) is 69.7 Å². The Labute approximate surface area is 346 Å². The average molecular weight is 889 g/mol. The molecule has 2 fully saturated rings. The molecule has 0 saturated carbocycles. The molecule has 23 nitrogen and oxygen atoms in total. The molecule has 0 aromatic carbocycles. The van der Waals surface area contributed by atoms with E-state index in [4.69, 9.17) is 20.5 Å². The van der Waals surface area contributed by atoms with Crippen LogP contribution in [0.15, 0.2) is 68.6 Å². The van der Waals surface area contributed by atoms with E-state index < -0.39 is 101 Å². The first-order chi connectivity index (χ1) is 28.1. The van der Waals surface area contributed by atoms with Gasteiger partial charge in [-0.15, -0.1) is 46.2 Å². The van der Waals surface area contributed by atoms with E-state index in [1.807, 2.05) is 0 Å². The van der Waals surface area contributed by atoms with Gasteiger partial charge in [0.05, 0.1) is 0 Å². The first-order valence-corrected chi connectivity index (χ1v) is 20.2. The van der Waals surface area contributed by atoms with Gasteiger partial charge in [0.15, 0.2) is 34.3 Å². The van der Waals surface area contributed by atoms with Gasteiger partial charge in [-0.25, -0.2) is 24.4 Å². The number of hydrogen-bond donors (Lipinski definition) is 7. The van der Waals surface area contributed by atoms with Crippen LogP contribution in [0, 0.1) is 0 Å². The van der Waals surface area contributed by atoms with Gasteiger partial charge in [-0.1, -0.05) is 35.6 Å². The zero-order valence-corrected chi connectivity index (χ0v) is 32.9. The summed E-state index contributed by atoms with van der Waals surface area (Å²) in [4.78, 5) is 121. The number of hydrogen-bond acceptors (Lipinski definition) is 19. The number of nitrogens with zero attached hydrogens (tertiary/aromatic N) is 6. The highest BCUT2D eigenvalue weighted by Crippen LogP contribution is 2.41. The van der Waals surface area contributed by atoms with Crippen LogP contribution in [0.2, 0.25) is 0 Å². The average Bonchev–Trinajstić information content (AvgIpc) is 3.85. The van der Waals surface area contributed by atoms with Gasteiger partial charge in [-0.05, 0) is 16.6 Å². The molecular formula is C32H28N10O13S4. The minimum atomic E-state index is -1.42. The van der Waals surface area contributed by atoms with E-state index in [-0.39, 0.29) is 33.1 Å². The first kappa shape index (κ1) is 42.0. The molecule has 4 aliphatic rings. The molecule has 59 heavy (non-hydrogen) atoms. The van der Waals surface area contributed by atoms with Crippen molar-refractivity contribution < 1.29 is 63.4 Å². The third-order valence-corrected chi connectivity index (χ3v) is 12.3. The van der Waals surface area contributed by atoms with Crippen molar-refractivity contribution in [2.24, 2.45) is 10.3 Å². The van der Waals surface area contributed by atoms with Gasteiger partial charge in [0.2, 0.25) is 12.5 Å². The van der Waals surface area contributed by atoms with E-state index >= 15 is 0 Å². The van der Waals surface area contributed by atoms with Crippen LogP contribution < -0.4 is 21.7 Å². The van der Waals surface area contributed by atoms with E-state index in [9.17, 15) is 48.6 Å². The minimum absolute atomic E-state index is 0.0546. The summed E-state index contributed by atoms with van der Waals surface area (Å²) >= 11 is 4.05. The highest BCUT2D eigenvalue weighted by atomic mass is 32.2. The maximum atomic E-state index is 13.4. The summed E-state index contributed by atoms with van der Waals surface area (Å²) in [6.45, 7) is 5.40. The number of thiazole rings is 2. The topological polar surface area (TPSA) is 335 Å². The third-order valence-electron chi connectivity index (χ3n) is 8.39. The number of carboxylic acid groups (broad SMARTS) is 3. The van der Waals surface area contributed by atoms with Crippen molar-refractivity contribution >= 4 is 115 Å². The summed E-state index contributed by atoms with van der Waals surface area (Å²) in [5.41, 5.74) is 4.79. The highest BCUT2D eigenvalue weighted by Gasteiger charge is 2.56. The highest BCUT2D eigenvalue weighted by molar-refractivity contribution is 8.03. The van der Waals surface area contributed by atoms with Crippen LogP contribution in [0.4, 0.5) is 10.3 Å². The van der Waals surface area contributed by atoms with Crippen molar-refractivity contribution in [2.75, 3.05) is 30.0 Å². The van der Waals surface area contributed by atoms with Crippen molar-refractivity contribution in [3.8, 4) is 0 Å². The predicted octanol–water partition coefficient (Wildman–Crippen LogP) is -0.806. The lowest BCUT2D eigenvalue weighted by atomic mass is 9.98. The molecule has 2 aromatic heterocycles. The fourth-order valence-electron chi connectivity index (χ4n) is 5.76. The largest absolute Gasteiger partial charge is 0.479 e. The van der Waals surface area contributed by atoms with Gasteiger partial charge in [-0.3, -0.25) is 34.2 Å². The molecule has 6 rings (SSSR count). The first-order valence-electron chi connectivity index (χ1n) is 16.4. The van der Waals surface area contributed by atoms with Gasteiger partial charge >= 0.3 is 17.9 Å². The summed E-state index contributed by atoms with van der Waals surface area (Å²) in [6, 6.07) is -3.63. The standard InChI is InChI=1S/C32H28N10O13S4/c1-3-11-7-56-27-19(25(48)41(27)21(11)29(50)51)37-23(46)17(13-9-58-31(33)34-13)39-54-5-15(43)36-32-35-14(10-59-32)18(40-55-6-16(44)45)24(47)38-20-26(49)42-22(30(52)53)12(4-2)8-57-28(20)42/h3-4,7,9-10,19-21,27-28H,1-2,5-6,8H2,(H2,33,34)(H,37,46)(H,38,47)(H,44,45)(H,50,51)(H,52,53)(H,35,36,43)/b39-17-,40-18-/t19-,20-,21?,27-,28-/m1/s1. The van der Waals surface area contributed by atoms with Crippen LogP contribution in [0.5, 0.6) is 0 Å². The summed E-state index contributed by atoms with van der Waals surface area (Å²) in [5.74, 6) is -8.10. The second-order valence-electron chi connectivity index (χ2n) is 12.0. The van der Waals surface area contributed by atoms with Gasteiger partial charge in [0, 0.05) is 16.5 Å². The Morgan fingerprint density at radius 3 is 2.10 bits per heavy atom. The molecule has 8 N–H and O–H groups in total. The number of fused-ring (bicyclic) bond motifs is 2. The Kier molecular flexibility index (Phi) is 12.5. The number of thioether (sulfide) groups is 2. The number of amides is 5. The van der Waals surface area contributed by atoms with E-state index in [0.29, 0.717) is 11.1 Å². The van der Waals surface area contributed by atoms with Crippen molar-refractivity contribution in [3.63, 3.8) is 0 Å². The number of aliphatic carboxylic acids is 3. The molecular weight excluding hydrogens is 861 g/mol. The molecule has 5 amide bonds. The molecule has 5 atom stereocenters. The molecule has 27 heteroatoms. The maximum Gasteiger partial charge on any atom is 0.352 e. The quantitative estimate of drug-likeness (QED) is 0.0580. The number of allylic oxidation sites excluding steroid dienone is 1. The lowest BCUT2D eigenvalue weighted by Crippen LogP contribution is -2.74. The number of β-lactam (4-membered cyclic amide) rings is 2. The number of nitrogens with one attached hydrogen (secondary N) is 3. The van der Waals surface area contributed by atoms with Crippen molar-refractivity contribution in [1.29, 1.82) is 0 Å². The van der Waals surface area contributed by atoms with E-state index in [2.05, 4.69) is 49.4 Å². The molecule has 2 aromatic rings. The third kappa shape index (κ3) is 8.52. The number of aromatic nitrogens is 2. The molecule has 1 unspecified atom stereocenters. The van der Waals surface area contributed by atoms with Crippen molar-refractivity contribution in [1.82, 2.24) is 30.4 Å². The molecule has 2 saturated heterocycles. The number of oxime groups is 2. The van der Waals surface area contributed by atoms with Crippen LogP contribution in [0.1, 0.15) is 11.4 Å². The fraction of sp³-hybridized carbons (Fsp3) is 0.250. The summed E-state index contributed by atoms with van der Waals surface area (Å²) < 4.78 is 0. The van der Waals surface area contributed by atoms with Gasteiger partial charge in [-0.2, -0.15) is 0 Å². The zero-order valence-electron chi connectivity index (χ0n) is 29.6. The van der Waals surface area contributed by atoms with Crippen LogP contribution in [-0.2, 0) is 48.0 Å². The maximum absolute atomic E-state index is 13.4. The normalized spacial score (nSPS) is 22.4. The number of nitrogen functional groups attached to an aromatic ring is 1. The second kappa shape index (κ2) is 17.5. The van der Waals surface area contributed by atoms with Gasteiger partial charge < -0.3 is 46.3 Å². The predicted molar refractivity (Wildman–Crippen MR) is 210 cm³/mol. The van der Waals surface area contributed by atoms with Crippen molar-refractivity contribution in [2.45, 2.75) is 28.9 Å². The number of carbonyl (C=O) groups is 8.